The highest BCUT2D eigenvalue weighted by molar-refractivity contribution is 5.90. The highest BCUT2D eigenvalue weighted by Crippen LogP contribution is 2.17. The van der Waals surface area contributed by atoms with Crippen molar-refractivity contribution < 1.29 is 4.79 Å². The second-order valence-electron chi connectivity index (χ2n) is 5.65. The van der Waals surface area contributed by atoms with Gasteiger partial charge in [-0.2, -0.15) is 5.10 Å². The molecule has 2 aromatic heterocycles. The Morgan fingerprint density at radius 1 is 1.25 bits per heavy atom. The first-order chi connectivity index (χ1) is 11.4. The first kappa shape index (κ1) is 15.7. The second kappa shape index (κ2) is 6.15. The van der Waals surface area contributed by atoms with E-state index in [2.05, 4.69) is 25.6 Å². The number of carbonyl (C=O) groups is 1. The molecule has 0 bridgehead atoms. The summed E-state index contributed by atoms with van der Waals surface area (Å²) in [4.78, 5) is 25.3. The SMILES string of the molecule is Cc1cc(C)n(-c2ccc(C(C)NC(=O)c3n[nH]c(=O)[nH]3)cc2)n1. The molecular formula is C16H18N6O2. The van der Waals surface area contributed by atoms with Crippen molar-refractivity contribution in [2.75, 3.05) is 0 Å². The molecular weight excluding hydrogens is 308 g/mol. The van der Waals surface area contributed by atoms with Gasteiger partial charge in [0.05, 0.1) is 17.4 Å². The van der Waals surface area contributed by atoms with Crippen molar-refractivity contribution in [1.29, 1.82) is 0 Å². The zero-order valence-corrected chi connectivity index (χ0v) is 13.6. The maximum absolute atomic E-state index is 12.0. The Bertz CT molecular complexity index is 919. The van der Waals surface area contributed by atoms with E-state index in [1.165, 1.54) is 0 Å². The third-order valence-electron chi connectivity index (χ3n) is 3.71. The van der Waals surface area contributed by atoms with Crippen molar-refractivity contribution in [3.8, 4) is 5.69 Å². The molecule has 8 nitrogen and oxygen atoms in total. The van der Waals surface area contributed by atoms with Crippen LogP contribution >= 0.6 is 0 Å². The van der Waals surface area contributed by atoms with Gasteiger partial charge in [-0.05, 0) is 44.5 Å². The maximum atomic E-state index is 12.0. The molecule has 1 amide bonds. The van der Waals surface area contributed by atoms with Crippen LogP contribution in [0, 0.1) is 13.8 Å². The number of rotatable bonds is 4. The summed E-state index contributed by atoms with van der Waals surface area (Å²) in [6.07, 6.45) is 0. The van der Waals surface area contributed by atoms with E-state index < -0.39 is 11.6 Å². The van der Waals surface area contributed by atoms with Crippen LogP contribution in [-0.4, -0.2) is 30.9 Å². The molecule has 0 spiro atoms. The van der Waals surface area contributed by atoms with E-state index in [9.17, 15) is 9.59 Å². The van der Waals surface area contributed by atoms with Gasteiger partial charge < -0.3 is 5.32 Å². The van der Waals surface area contributed by atoms with E-state index in [1.807, 2.05) is 55.8 Å². The fourth-order valence-electron chi connectivity index (χ4n) is 2.52. The molecule has 0 saturated heterocycles. The molecule has 1 aromatic carbocycles. The van der Waals surface area contributed by atoms with E-state index in [0.29, 0.717) is 0 Å². The van der Waals surface area contributed by atoms with Crippen LogP contribution < -0.4 is 11.0 Å². The van der Waals surface area contributed by atoms with Crippen LogP contribution in [0.25, 0.3) is 5.69 Å². The Balaban J connectivity index is 1.74. The zero-order chi connectivity index (χ0) is 17.3. The number of aromatic nitrogens is 5. The van der Waals surface area contributed by atoms with Gasteiger partial charge in [0.25, 0.3) is 5.91 Å². The summed E-state index contributed by atoms with van der Waals surface area (Å²) in [6, 6.07) is 9.56. The van der Waals surface area contributed by atoms with E-state index >= 15 is 0 Å². The molecule has 8 heteroatoms. The fraction of sp³-hybridized carbons (Fsp3) is 0.250. The number of benzene rings is 1. The lowest BCUT2D eigenvalue weighted by atomic mass is 10.1. The first-order valence-corrected chi connectivity index (χ1v) is 7.53. The van der Waals surface area contributed by atoms with E-state index in [1.54, 1.807) is 0 Å². The molecule has 0 saturated carbocycles. The summed E-state index contributed by atoms with van der Waals surface area (Å²) in [5, 5.41) is 13.0. The minimum atomic E-state index is -0.512. The molecule has 1 unspecified atom stereocenters. The number of H-pyrrole nitrogens is 2. The number of aromatic amines is 2. The number of aryl methyl sites for hydroxylation is 2. The van der Waals surface area contributed by atoms with Crippen molar-refractivity contribution in [2.45, 2.75) is 26.8 Å². The molecule has 3 rings (SSSR count). The number of carbonyl (C=O) groups excluding carboxylic acids is 1. The number of nitrogens with zero attached hydrogens (tertiary/aromatic N) is 3. The van der Waals surface area contributed by atoms with Crippen molar-refractivity contribution in [2.24, 2.45) is 0 Å². The van der Waals surface area contributed by atoms with Gasteiger partial charge in [-0.25, -0.2) is 14.6 Å². The molecule has 124 valence electrons. The third-order valence-corrected chi connectivity index (χ3v) is 3.71. The van der Waals surface area contributed by atoms with Gasteiger partial charge in [-0.15, -0.1) is 5.10 Å². The topological polar surface area (TPSA) is 108 Å². The Hall–Kier alpha value is -3.16. The Morgan fingerprint density at radius 3 is 2.50 bits per heavy atom. The minimum Gasteiger partial charge on any atom is -0.343 e. The molecule has 1 atom stereocenters. The molecule has 24 heavy (non-hydrogen) atoms. The Morgan fingerprint density at radius 2 is 1.96 bits per heavy atom. The normalized spacial score (nSPS) is 12.1. The summed E-state index contributed by atoms with van der Waals surface area (Å²) in [7, 11) is 0. The van der Waals surface area contributed by atoms with Gasteiger partial charge in [0, 0.05) is 5.69 Å². The van der Waals surface area contributed by atoms with Crippen molar-refractivity contribution in [1.82, 2.24) is 30.3 Å². The molecule has 0 aliphatic carbocycles. The predicted octanol–water partition coefficient (Wildman–Crippen LogP) is 1.39. The van der Waals surface area contributed by atoms with Crippen molar-refractivity contribution >= 4 is 5.91 Å². The lowest BCUT2D eigenvalue weighted by molar-refractivity contribution is 0.0929. The minimum absolute atomic E-state index is 0.0360. The average molecular weight is 326 g/mol. The predicted molar refractivity (Wildman–Crippen MR) is 88.1 cm³/mol. The van der Waals surface area contributed by atoms with E-state index in [4.69, 9.17) is 0 Å². The van der Waals surface area contributed by atoms with Crippen LogP contribution in [0.3, 0.4) is 0 Å². The highest BCUT2D eigenvalue weighted by atomic mass is 16.2. The largest absolute Gasteiger partial charge is 0.343 e. The van der Waals surface area contributed by atoms with E-state index in [0.717, 1.165) is 22.6 Å². The lowest BCUT2D eigenvalue weighted by Crippen LogP contribution is -2.28. The maximum Gasteiger partial charge on any atom is 0.341 e. The second-order valence-corrected chi connectivity index (χ2v) is 5.65. The van der Waals surface area contributed by atoms with Gasteiger partial charge in [0.2, 0.25) is 5.82 Å². The summed E-state index contributed by atoms with van der Waals surface area (Å²) in [6.45, 7) is 5.82. The molecule has 0 radical (unpaired) electrons. The summed E-state index contributed by atoms with van der Waals surface area (Å²) in [5.41, 5.74) is 3.40. The zero-order valence-electron chi connectivity index (χ0n) is 13.6. The van der Waals surface area contributed by atoms with Gasteiger partial charge >= 0.3 is 5.69 Å². The molecule has 3 aromatic rings. The molecule has 2 heterocycles. The van der Waals surface area contributed by atoms with E-state index in [-0.39, 0.29) is 11.9 Å². The van der Waals surface area contributed by atoms with Crippen LogP contribution in [-0.2, 0) is 0 Å². The Kier molecular flexibility index (Phi) is 4.03. The smallest absolute Gasteiger partial charge is 0.341 e. The quantitative estimate of drug-likeness (QED) is 0.673. The number of hydrogen-bond acceptors (Lipinski definition) is 4. The van der Waals surface area contributed by atoms with Gasteiger partial charge in [0.1, 0.15) is 0 Å². The monoisotopic (exact) mass is 326 g/mol. The molecule has 3 N–H and O–H groups in total. The number of hydrogen-bond donors (Lipinski definition) is 3. The van der Waals surface area contributed by atoms with Crippen LogP contribution in [0.15, 0.2) is 35.1 Å². The van der Waals surface area contributed by atoms with Gasteiger partial charge in [0.15, 0.2) is 0 Å². The summed E-state index contributed by atoms with van der Waals surface area (Å²) < 4.78 is 1.87. The number of amides is 1. The van der Waals surface area contributed by atoms with Gasteiger partial charge in [-0.1, -0.05) is 12.1 Å². The summed E-state index contributed by atoms with van der Waals surface area (Å²) in [5.74, 6) is -0.477. The highest BCUT2D eigenvalue weighted by Gasteiger charge is 2.14. The molecule has 0 aliphatic heterocycles. The average Bonchev–Trinajstić information content (AvgIpc) is 3.13. The molecule has 0 fully saturated rings. The van der Waals surface area contributed by atoms with Crippen LogP contribution in [0.1, 0.15) is 40.5 Å². The van der Waals surface area contributed by atoms with Crippen LogP contribution in [0.4, 0.5) is 0 Å². The fourth-order valence-corrected chi connectivity index (χ4v) is 2.52. The standard InChI is InChI=1S/C16H18N6O2/c1-9-8-10(2)22(21-9)13-6-4-12(5-7-13)11(3)17-15(23)14-18-16(24)20-19-14/h4-8,11H,1-3H3,(H,17,23)(H2,18,19,20,24). The summed E-state index contributed by atoms with van der Waals surface area (Å²) >= 11 is 0. The van der Waals surface area contributed by atoms with Crippen molar-refractivity contribution in [3.05, 3.63) is 63.6 Å². The Labute approximate surface area is 137 Å². The molecule has 0 aliphatic rings. The van der Waals surface area contributed by atoms with Crippen LogP contribution in [0.2, 0.25) is 0 Å². The van der Waals surface area contributed by atoms with Crippen LogP contribution in [0.5, 0.6) is 0 Å². The third kappa shape index (κ3) is 3.12. The lowest BCUT2D eigenvalue weighted by Gasteiger charge is -2.14. The van der Waals surface area contributed by atoms with Gasteiger partial charge in [-0.3, -0.25) is 9.78 Å². The number of nitrogens with one attached hydrogen (secondary N) is 3. The van der Waals surface area contributed by atoms with Crippen molar-refractivity contribution in [3.63, 3.8) is 0 Å². The first-order valence-electron chi connectivity index (χ1n) is 7.53.